The van der Waals surface area contributed by atoms with Gasteiger partial charge in [0, 0.05) is 29.2 Å². The molecule has 4 rings (SSSR count). The van der Waals surface area contributed by atoms with E-state index in [1.165, 1.54) is 4.90 Å². The summed E-state index contributed by atoms with van der Waals surface area (Å²) in [6.07, 6.45) is 0.527. The smallest absolute Gasteiger partial charge is 0.319 e. The quantitative estimate of drug-likeness (QED) is 0.561. The Morgan fingerprint density at radius 1 is 1.15 bits per heavy atom. The van der Waals surface area contributed by atoms with Gasteiger partial charge in [-0.2, -0.15) is 0 Å². The number of fused-ring (bicyclic) bond motifs is 1. The van der Waals surface area contributed by atoms with Gasteiger partial charge in [0.15, 0.2) is 0 Å². The summed E-state index contributed by atoms with van der Waals surface area (Å²) in [5.41, 5.74) is 3.71. The molecule has 0 aliphatic carbocycles. The van der Waals surface area contributed by atoms with E-state index in [1.807, 2.05) is 39.0 Å². The predicted octanol–water partition coefficient (Wildman–Crippen LogP) is 3.93. The van der Waals surface area contributed by atoms with Crippen molar-refractivity contribution in [3.63, 3.8) is 0 Å². The molecule has 0 radical (unpaired) electrons. The van der Waals surface area contributed by atoms with Crippen molar-refractivity contribution in [2.24, 2.45) is 5.92 Å². The van der Waals surface area contributed by atoms with Gasteiger partial charge in [0.1, 0.15) is 6.04 Å². The minimum Gasteiger partial charge on any atom is -0.331 e. The lowest BCUT2D eigenvalue weighted by Gasteiger charge is -2.29. The molecule has 0 saturated carbocycles. The first-order valence-corrected chi connectivity index (χ1v) is 11.6. The van der Waals surface area contributed by atoms with Crippen LogP contribution in [0.3, 0.4) is 0 Å². The number of hydrogen-bond acceptors (Lipinski definition) is 4. The van der Waals surface area contributed by atoms with Crippen LogP contribution in [0.4, 0.5) is 10.5 Å². The summed E-state index contributed by atoms with van der Waals surface area (Å²) in [4.78, 5) is 50.9. The SMILES string of the molecule is Cc1ccc(NC(=O)NC(c2ccc3c(c2)CN(C2CCC(=O)NC2=O)C3=O)C(C)C)cc1Cl. The first kappa shape index (κ1) is 23.8. The van der Waals surface area contributed by atoms with Gasteiger partial charge < -0.3 is 15.5 Å². The van der Waals surface area contributed by atoms with Crippen LogP contribution >= 0.6 is 11.6 Å². The van der Waals surface area contributed by atoms with Crippen LogP contribution in [0.25, 0.3) is 0 Å². The van der Waals surface area contributed by atoms with Crippen molar-refractivity contribution < 1.29 is 19.2 Å². The van der Waals surface area contributed by atoms with E-state index in [-0.39, 0.29) is 42.8 Å². The Morgan fingerprint density at radius 3 is 2.59 bits per heavy atom. The number of halogens is 1. The summed E-state index contributed by atoms with van der Waals surface area (Å²) in [5.74, 6) is -0.898. The molecule has 2 aromatic carbocycles. The monoisotopic (exact) mass is 482 g/mol. The minimum absolute atomic E-state index is 0.0775. The number of amides is 5. The highest BCUT2D eigenvalue weighted by molar-refractivity contribution is 6.31. The van der Waals surface area contributed by atoms with Crippen LogP contribution in [-0.4, -0.2) is 34.7 Å². The number of carbonyl (C=O) groups is 4. The molecule has 0 aromatic heterocycles. The van der Waals surface area contributed by atoms with Crippen LogP contribution < -0.4 is 16.0 Å². The minimum atomic E-state index is -0.660. The maximum absolute atomic E-state index is 12.9. The predicted molar refractivity (Wildman–Crippen MR) is 128 cm³/mol. The van der Waals surface area contributed by atoms with E-state index in [9.17, 15) is 19.2 Å². The zero-order valence-corrected chi connectivity index (χ0v) is 20.0. The third-order valence-corrected chi connectivity index (χ3v) is 6.70. The average molecular weight is 483 g/mol. The Morgan fingerprint density at radius 2 is 1.91 bits per heavy atom. The zero-order chi connectivity index (χ0) is 24.6. The van der Waals surface area contributed by atoms with E-state index < -0.39 is 11.9 Å². The molecule has 1 fully saturated rings. The molecule has 5 amide bonds. The maximum atomic E-state index is 12.9. The van der Waals surface area contributed by atoms with Crippen molar-refractivity contribution in [2.45, 2.75) is 52.2 Å². The summed E-state index contributed by atoms with van der Waals surface area (Å²) in [7, 11) is 0. The lowest BCUT2D eigenvalue weighted by molar-refractivity contribution is -0.136. The molecular weight excluding hydrogens is 456 g/mol. The first-order valence-electron chi connectivity index (χ1n) is 11.2. The lowest BCUT2D eigenvalue weighted by atomic mass is 9.93. The topological polar surface area (TPSA) is 108 Å². The summed E-state index contributed by atoms with van der Waals surface area (Å²) >= 11 is 6.15. The summed E-state index contributed by atoms with van der Waals surface area (Å²) in [5, 5.41) is 8.71. The van der Waals surface area contributed by atoms with Gasteiger partial charge in [-0.25, -0.2) is 4.79 Å². The molecule has 178 valence electrons. The Labute approximate surface area is 203 Å². The van der Waals surface area contributed by atoms with E-state index in [0.717, 1.165) is 16.7 Å². The number of rotatable bonds is 5. The number of benzene rings is 2. The van der Waals surface area contributed by atoms with E-state index in [1.54, 1.807) is 18.2 Å². The molecule has 0 bridgehead atoms. The number of nitrogens with zero attached hydrogens (tertiary/aromatic N) is 1. The summed E-state index contributed by atoms with van der Waals surface area (Å²) in [6, 6.07) is 9.49. The molecule has 9 heteroatoms. The Kier molecular flexibility index (Phi) is 6.61. The van der Waals surface area contributed by atoms with E-state index in [4.69, 9.17) is 11.6 Å². The summed E-state index contributed by atoms with van der Waals surface area (Å²) in [6.45, 7) is 6.18. The van der Waals surface area contributed by atoms with Crippen molar-refractivity contribution in [2.75, 3.05) is 5.32 Å². The normalized spacial score (nSPS) is 18.6. The van der Waals surface area contributed by atoms with E-state index in [2.05, 4.69) is 16.0 Å². The van der Waals surface area contributed by atoms with Gasteiger partial charge in [-0.3, -0.25) is 19.7 Å². The largest absolute Gasteiger partial charge is 0.331 e. The number of imide groups is 1. The van der Waals surface area contributed by atoms with Crippen molar-refractivity contribution in [3.8, 4) is 0 Å². The third kappa shape index (κ3) is 4.77. The average Bonchev–Trinajstić information content (AvgIpc) is 3.10. The van der Waals surface area contributed by atoms with E-state index >= 15 is 0 Å². The number of anilines is 1. The molecule has 2 atom stereocenters. The number of nitrogens with one attached hydrogen (secondary N) is 3. The van der Waals surface area contributed by atoms with Crippen LogP contribution in [0.1, 0.15) is 59.8 Å². The van der Waals surface area contributed by atoms with Crippen molar-refractivity contribution >= 4 is 41.0 Å². The Bertz CT molecular complexity index is 1180. The van der Waals surface area contributed by atoms with Gasteiger partial charge in [0.2, 0.25) is 11.8 Å². The highest BCUT2D eigenvalue weighted by atomic mass is 35.5. The van der Waals surface area contributed by atoms with Crippen LogP contribution in [0.15, 0.2) is 36.4 Å². The van der Waals surface area contributed by atoms with Crippen molar-refractivity contribution in [3.05, 3.63) is 63.7 Å². The van der Waals surface area contributed by atoms with Gasteiger partial charge >= 0.3 is 6.03 Å². The molecule has 8 nitrogen and oxygen atoms in total. The highest BCUT2D eigenvalue weighted by Gasteiger charge is 2.39. The fraction of sp³-hybridized carbons (Fsp3) is 0.360. The molecule has 2 aliphatic heterocycles. The number of aryl methyl sites for hydroxylation is 1. The van der Waals surface area contributed by atoms with Gasteiger partial charge in [0.05, 0.1) is 6.04 Å². The van der Waals surface area contributed by atoms with Gasteiger partial charge in [-0.05, 0) is 54.2 Å². The second-order valence-electron chi connectivity index (χ2n) is 9.10. The summed E-state index contributed by atoms with van der Waals surface area (Å²) < 4.78 is 0. The van der Waals surface area contributed by atoms with Crippen LogP contribution in [0.2, 0.25) is 5.02 Å². The molecule has 2 heterocycles. The maximum Gasteiger partial charge on any atom is 0.319 e. The first-order chi connectivity index (χ1) is 16.1. The number of urea groups is 1. The van der Waals surface area contributed by atoms with E-state index in [0.29, 0.717) is 22.7 Å². The van der Waals surface area contributed by atoms with Gasteiger partial charge in [-0.15, -0.1) is 0 Å². The standard InChI is InChI=1S/C25H27ClN4O4/c1-13(2)22(29-25(34)27-17-6-4-14(3)19(26)11-17)15-5-7-18-16(10-15)12-30(24(18)33)20-8-9-21(31)28-23(20)32/h4-7,10-11,13,20,22H,8-9,12H2,1-3H3,(H2,27,29,34)(H,28,31,32). The molecule has 1 saturated heterocycles. The molecule has 2 aromatic rings. The van der Waals surface area contributed by atoms with Crippen molar-refractivity contribution in [1.82, 2.24) is 15.5 Å². The number of carbonyl (C=O) groups excluding carboxylic acids is 4. The Balaban J connectivity index is 1.50. The Hall–Kier alpha value is -3.39. The fourth-order valence-electron chi connectivity index (χ4n) is 4.40. The second kappa shape index (κ2) is 9.46. The van der Waals surface area contributed by atoms with Crippen LogP contribution in [0, 0.1) is 12.8 Å². The third-order valence-electron chi connectivity index (χ3n) is 6.29. The molecule has 2 unspecified atom stereocenters. The molecule has 3 N–H and O–H groups in total. The molecule has 0 spiro atoms. The van der Waals surface area contributed by atoms with Gasteiger partial charge in [0.25, 0.3) is 5.91 Å². The number of piperidine rings is 1. The highest BCUT2D eigenvalue weighted by Crippen LogP contribution is 2.31. The lowest BCUT2D eigenvalue weighted by Crippen LogP contribution is -2.52. The second-order valence-corrected chi connectivity index (χ2v) is 9.51. The molecular formula is C25H27ClN4O4. The number of hydrogen-bond donors (Lipinski definition) is 3. The molecule has 2 aliphatic rings. The molecule has 34 heavy (non-hydrogen) atoms. The van der Waals surface area contributed by atoms with Gasteiger partial charge in [-0.1, -0.05) is 43.6 Å². The zero-order valence-electron chi connectivity index (χ0n) is 19.3. The van der Waals surface area contributed by atoms with Crippen molar-refractivity contribution in [1.29, 1.82) is 0 Å². The van der Waals surface area contributed by atoms with Crippen LogP contribution in [-0.2, 0) is 16.1 Å². The van der Waals surface area contributed by atoms with Crippen LogP contribution in [0.5, 0.6) is 0 Å². The fourth-order valence-corrected chi connectivity index (χ4v) is 4.58.